The molecular formula is C16H23ClN2O4. The molecule has 0 unspecified atom stereocenters. The smallest absolute Gasteiger partial charge is 0.407 e. The molecule has 0 aliphatic rings. The molecule has 0 saturated heterocycles. The zero-order valence-corrected chi connectivity index (χ0v) is 14.9. The van der Waals surface area contributed by atoms with Gasteiger partial charge in [0.05, 0.1) is 12.8 Å². The number of alkyl carbamates (subject to hydrolysis) is 1. The zero-order chi connectivity index (χ0) is 17.6. The van der Waals surface area contributed by atoms with Crippen LogP contribution in [0.2, 0.25) is 5.02 Å². The van der Waals surface area contributed by atoms with Gasteiger partial charge < -0.3 is 19.7 Å². The number of carbonyl (C=O) groups is 2. The molecule has 0 fully saturated rings. The number of benzene rings is 1. The molecule has 1 rings (SSSR count). The molecule has 0 radical (unpaired) electrons. The van der Waals surface area contributed by atoms with Crippen molar-refractivity contribution >= 4 is 29.3 Å². The van der Waals surface area contributed by atoms with E-state index < -0.39 is 11.7 Å². The van der Waals surface area contributed by atoms with Gasteiger partial charge in [0.15, 0.2) is 0 Å². The fourth-order valence-corrected chi connectivity index (χ4v) is 2.07. The van der Waals surface area contributed by atoms with Gasteiger partial charge in [0.2, 0.25) is 5.91 Å². The van der Waals surface area contributed by atoms with E-state index in [9.17, 15) is 9.59 Å². The van der Waals surface area contributed by atoms with E-state index in [-0.39, 0.29) is 19.0 Å². The number of carbonyl (C=O) groups excluding carboxylic acids is 2. The third kappa shape index (κ3) is 6.36. The average Bonchev–Trinajstić information content (AvgIpc) is 2.41. The molecule has 7 heteroatoms. The average molecular weight is 343 g/mol. The van der Waals surface area contributed by atoms with Crippen molar-refractivity contribution in [3.05, 3.63) is 23.2 Å². The topological polar surface area (TPSA) is 67.9 Å². The van der Waals surface area contributed by atoms with Gasteiger partial charge in [-0.1, -0.05) is 11.6 Å². The summed E-state index contributed by atoms with van der Waals surface area (Å²) in [5, 5.41) is 3.11. The second kappa shape index (κ2) is 8.06. The Morgan fingerprint density at radius 2 is 1.96 bits per heavy atom. The van der Waals surface area contributed by atoms with Crippen LogP contribution in [0, 0.1) is 0 Å². The lowest BCUT2D eigenvalue weighted by Gasteiger charge is -2.24. The number of rotatable bonds is 5. The highest BCUT2D eigenvalue weighted by Gasteiger charge is 2.19. The number of nitrogens with zero attached hydrogens (tertiary/aromatic N) is 1. The van der Waals surface area contributed by atoms with Crippen LogP contribution in [-0.2, 0) is 9.53 Å². The Balaban J connectivity index is 2.76. The van der Waals surface area contributed by atoms with Gasteiger partial charge >= 0.3 is 6.09 Å². The maximum atomic E-state index is 11.9. The number of anilines is 1. The first-order chi connectivity index (χ1) is 10.6. The van der Waals surface area contributed by atoms with Crippen LogP contribution in [0.25, 0.3) is 0 Å². The van der Waals surface area contributed by atoms with Gasteiger partial charge in [-0.2, -0.15) is 0 Å². The SMILES string of the molecule is COc1ccc(Cl)cc1N(CCNC(=O)OC(C)(C)C)C(C)=O. The standard InChI is InChI=1S/C16H23ClN2O4/c1-11(20)19(9-8-18-15(21)23-16(2,3)4)13-10-12(17)6-7-14(13)22-5/h6-7,10H,8-9H2,1-5H3,(H,18,21). The normalized spacial score (nSPS) is 10.9. The van der Waals surface area contributed by atoms with E-state index in [1.54, 1.807) is 39.0 Å². The number of ether oxygens (including phenoxy) is 2. The summed E-state index contributed by atoms with van der Waals surface area (Å²) in [7, 11) is 1.52. The van der Waals surface area contributed by atoms with Gasteiger partial charge in [0.1, 0.15) is 11.4 Å². The highest BCUT2D eigenvalue weighted by atomic mass is 35.5. The molecule has 1 aromatic rings. The molecule has 0 atom stereocenters. The molecule has 0 spiro atoms. The maximum absolute atomic E-state index is 11.9. The van der Waals surface area contributed by atoms with Gasteiger partial charge in [-0.15, -0.1) is 0 Å². The van der Waals surface area contributed by atoms with Crippen molar-refractivity contribution in [2.75, 3.05) is 25.1 Å². The lowest BCUT2D eigenvalue weighted by atomic mass is 10.2. The van der Waals surface area contributed by atoms with Gasteiger partial charge in [0.25, 0.3) is 0 Å². The van der Waals surface area contributed by atoms with E-state index in [0.717, 1.165) is 0 Å². The van der Waals surface area contributed by atoms with Crippen molar-refractivity contribution in [1.29, 1.82) is 0 Å². The van der Waals surface area contributed by atoms with E-state index in [4.69, 9.17) is 21.1 Å². The molecule has 1 aromatic carbocycles. The molecular weight excluding hydrogens is 320 g/mol. The number of nitrogens with one attached hydrogen (secondary N) is 1. The second-order valence-electron chi connectivity index (χ2n) is 5.92. The minimum atomic E-state index is -0.569. The molecule has 6 nitrogen and oxygen atoms in total. The molecule has 1 N–H and O–H groups in total. The van der Waals surface area contributed by atoms with Crippen molar-refractivity contribution in [1.82, 2.24) is 5.32 Å². The quantitative estimate of drug-likeness (QED) is 0.892. The molecule has 2 amide bonds. The van der Waals surface area contributed by atoms with Crippen LogP contribution < -0.4 is 15.0 Å². The molecule has 0 aliphatic carbocycles. The highest BCUT2D eigenvalue weighted by Crippen LogP contribution is 2.31. The lowest BCUT2D eigenvalue weighted by molar-refractivity contribution is -0.116. The summed E-state index contributed by atoms with van der Waals surface area (Å²) in [4.78, 5) is 25.0. The Morgan fingerprint density at radius 3 is 2.48 bits per heavy atom. The van der Waals surface area contributed by atoms with E-state index in [0.29, 0.717) is 16.5 Å². The first kappa shape index (κ1) is 19.1. The van der Waals surface area contributed by atoms with Crippen LogP contribution in [0.3, 0.4) is 0 Å². The summed E-state index contributed by atoms with van der Waals surface area (Å²) < 4.78 is 10.4. The molecule has 23 heavy (non-hydrogen) atoms. The van der Waals surface area contributed by atoms with Gasteiger partial charge in [-0.05, 0) is 39.0 Å². The maximum Gasteiger partial charge on any atom is 0.407 e. The summed E-state index contributed by atoms with van der Waals surface area (Å²) in [6.07, 6.45) is -0.529. The number of amides is 2. The molecule has 0 bridgehead atoms. The minimum absolute atomic E-state index is 0.184. The number of hydrogen-bond donors (Lipinski definition) is 1. The van der Waals surface area contributed by atoms with Crippen LogP contribution in [-0.4, -0.2) is 37.8 Å². The van der Waals surface area contributed by atoms with E-state index >= 15 is 0 Å². The van der Waals surface area contributed by atoms with E-state index in [1.165, 1.54) is 18.9 Å². The minimum Gasteiger partial charge on any atom is -0.495 e. The van der Waals surface area contributed by atoms with Crippen LogP contribution >= 0.6 is 11.6 Å². The van der Waals surface area contributed by atoms with Crippen molar-refractivity contribution < 1.29 is 19.1 Å². The second-order valence-corrected chi connectivity index (χ2v) is 6.35. The predicted octanol–water partition coefficient (Wildman–Crippen LogP) is 3.23. The van der Waals surface area contributed by atoms with Gasteiger partial charge in [-0.3, -0.25) is 4.79 Å². The fraction of sp³-hybridized carbons (Fsp3) is 0.500. The predicted molar refractivity (Wildman–Crippen MR) is 90.3 cm³/mol. The first-order valence-corrected chi connectivity index (χ1v) is 7.60. The third-order valence-electron chi connectivity index (χ3n) is 2.82. The van der Waals surface area contributed by atoms with Crippen molar-refractivity contribution in [2.24, 2.45) is 0 Å². The molecule has 0 saturated carbocycles. The number of hydrogen-bond acceptors (Lipinski definition) is 4. The Morgan fingerprint density at radius 1 is 1.30 bits per heavy atom. The van der Waals surface area contributed by atoms with Crippen LogP contribution in [0.1, 0.15) is 27.7 Å². The Hall–Kier alpha value is -1.95. The first-order valence-electron chi connectivity index (χ1n) is 7.22. The Labute approximate surface area is 141 Å². The van der Waals surface area contributed by atoms with Crippen molar-refractivity contribution in [3.8, 4) is 5.75 Å². The molecule has 0 heterocycles. The van der Waals surface area contributed by atoms with Crippen LogP contribution in [0.5, 0.6) is 5.75 Å². The summed E-state index contributed by atoms with van der Waals surface area (Å²) >= 11 is 6.00. The third-order valence-corrected chi connectivity index (χ3v) is 3.05. The fourth-order valence-electron chi connectivity index (χ4n) is 1.91. The molecule has 128 valence electrons. The summed E-state index contributed by atoms with van der Waals surface area (Å²) in [6, 6.07) is 5.02. The summed E-state index contributed by atoms with van der Waals surface area (Å²) in [5.74, 6) is 0.346. The Kier molecular flexibility index (Phi) is 6.69. The molecule has 0 aliphatic heterocycles. The Bertz CT molecular complexity index is 570. The van der Waals surface area contributed by atoms with Crippen LogP contribution in [0.4, 0.5) is 10.5 Å². The lowest BCUT2D eigenvalue weighted by Crippen LogP contribution is -2.39. The van der Waals surface area contributed by atoms with Crippen LogP contribution in [0.15, 0.2) is 18.2 Å². The number of methoxy groups -OCH3 is 1. The van der Waals surface area contributed by atoms with Crippen molar-refractivity contribution in [3.63, 3.8) is 0 Å². The zero-order valence-electron chi connectivity index (χ0n) is 14.1. The monoisotopic (exact) mass is 342 g/mol. The van der Waals surface area contributed by atoms with E-state index in [2.05, 4.69) is 5.32 Å². The highest BCUT2D eigenvalue weighted by molar-refractivity contribution is 6.31. The number of halogens is 1. The summed E-state index contributed by atoms with van der Waals surface area (Å²) in [5.41, 5.74) is -0.0148. The van der Waals surface area contributed by atoms with E-state index in [1.807, 2.05) is 0 Å². The summed E-state index contributed by atoms with van der Waals surface area (Å²) in [6.45, 7) is 7.30. The van der Waals surface area contributed by atoms with Crippen molar-refractivity contribution in [2.45, 2.75) is 33.3 Å². The largest absolute Gasteiger partial charge is 0.495 e. The van der Waals surface area contributed by atoms with Gasteiger partial charge in [0, 0.05) is 25.0 Å². The van der Waals surface area contributed by atoms with Gasteiger partial charge in [-0.25, -0.2) is 4.79 Å². The molecule has 0 aromatic heterocycles.